The number of nitrogens with zero attached hydrogens (tertiary/aromatic N) is 5. The summed E-state index contributed by atoms with van der Waals surface area (Å²) in [5.74, 6) is 1.32. The van der Waals surface area contributed by atoms with Crippen LogP contribution in [0.5, 0.6) is 6.01 Å². The molecule has 0 atom stereocenters. The summed E-state index contributed by atoms with van der Waals surface area (Å²) < 4.78 is 6.54. The summed E-state index contributed by atoms with van der Waals surface area (Å²) in [6, 6.07) is 13.0. The highest BCUT2D eigenvalue weighted by Crippen LogP contribution is 2.42. The minimum atomic E-state index is -0.207. The van der Waals surface area contributed by atoms with Crippen molar-refractivity contribution in [3.8, 4) is 6.01 Å². The number of ketones is 1. The van der Waals surface area contributed by atoms with Crippen LogP contribution in [0.25, 0.3) is 10.8 Å². The summed E-state index contributed by atoms with van der Waals surface area (Å²) in [5, 5.41) is 3.01. The summed E-state index contributed by atoms with van der Waals surface area (Å²) in [6.45, 7) is 10.1. The Morgan fingerprint density at radius 3 is 2.40 bits per heavy atom. The number of halogens is 1. The van der Waals surface area contributed by atoms with E-state index in [0.717, 1.165) is 78.3 Å². The Morgan fingerprint density at radius 2 is 1.69 bits per heavy atom. The van der Waals surface area contributed by atoms with Gasteiger partial charge >= 0.3 is 6.01 Å². The maximum absolute atomic E-state index is 12.6. The van der Waals surface area contributed by atoms with Crippen molar-refractivity contribution < 1.29 is 9.53 Å². The molecule has 4 aliphatic heterocycles. The number of anilines is 2. The lowest BCUT2D eigenvalue weighted by Crippen LogP contribution is -2.45. The van der Waals surface area contributed by atoms with E-state index in [-0.39, 0.29) is 11.0 Å². The lowest BCUT2D eigenvalue weighted by molar-refractivity contribution is -0.127. The first-order valence-electron chi connectivity index (χ1n) is 15.9. The normalized spacial score (nSPS) is 21.4. The molecule has 0 amide bonds. The smallest absolute Gasteiger partial charge is 0.318 e. The zero-order valence-electron chi connectivity index (χ0n) is 25.0. The van der Waals surface area contributed by atoms with Crippen LogP contribution in [0.4, 0.5) is 11.5 Å². The van der Waals surface area contributed by atoms with Gasteiger partial charge in [0, 0.05) is 41.7 Å². The van der Waals surface area contributed by atoms with Crippen LogP contribution in [0.3, 0.4) is 0 Å². The van der Waals surface area contributed by atoms with Gasteiger partial charge in [-0.1, -0.05) is 42.8 Å². The quantitative estimate of drug-likeness (QED) is 0.315. The van der Waals surface area contributed by atoms with Crippen molar-refractivity contribution in [3.63, 3.8) is 0 Å². The maximum atomic E-state index is 12.6. The molecule has 0 unspecified atom stereocenters. The molecule has 7 rings (SSSR count). The molecule has 42 heavy (non-hydrogen) atoms. The number of hydrogen-bond acceptors (Lipinski definition) is 7. The molecule has 4 aliphatic rings. The molecule has 0 bridgehead atoms. The number of rotatable bonds is 7. The molecule has 0 saturated carbocycles. The van der Waals surface area contributed by atoms with E-state index in [0.29, 0.717) is 24.9 Å². The molecule has 7 nitrogen and oxygen atoms in total. The number of ether oxygens (including phenoxy) is 1. The number of carbonyl (C=O) groups excluding carboxylic acids is 1. The topological polar surface area (TPSA) is 61.8 Å². The van der Waals surface area contributed by atoms with E-state index < -0.39 is 0 Å². The molecular formula is C34H42ClN5O2. The largest absolute Gasteiger partial charge is 0.461 e. The summed E-state index contributed by atoms with van der Waals surface area (Å²) in [7, 11) is 0. The fraction of sp³-hybridized carbons (Fsp3) is 0.559. The van der Waals surface area contributed by atoms with Crippen molar-refractivity contribution >= 4 is 39.7 Å². The second kappa shape index (κ2) is 11.0. The third-order valence-corrected chi connectivity index (χ3v) is 11.2. The van der Waals surface area contributed by atoms with Gasteiger partial charge < -0.3 is 14.5 Å². The molecule has 8 heteroatoms. The van der Waals surface area contributed by atoms with Gasteiger partial charge in [0.1, 0.15) is 18.2 Å². The Morgan fingerprint density at radius 1 is 0.952 bits per heavy atom. The van der Waals surface area contributed by atoms with Crippen LogP contribution in [0.2, 0.25) is 5.02 Å². The maximum Gasteiger partial charge on any atom is 0.318 e. The number of hydrogen-bond donors (Lipinski definition) is 0. The number of benzene rings is 2. The molecule has 3 aromatic rings. The summed E-state index contributed by atoms with van der Waals surface area (Å²) >= 11 is 6.73. The molecule has 1 aromatic heterocycles. The molecule has 3 fully saturated rings. The molecule has 222 valence electrons. The zero-order chi connectivity index (χ0) is 28.9. The number of piperidine rings is 1. The molecule has 0 spiro atoms. The van der Waals surface area contributed by atoms with Gasteiger partial charge in [0.15, 0.2) is 0 Å². The fourth-order valence-electron chi connectivity index (χ4n) is 8.22. The molecule has 0 N–H and O–H groups in total. The van der Waals surface area contributed by atoms with Crippen LogP contribution in [0.1, 0.15) is 70.1 Å². The lowest BCUT2D eigenvalue weighted by atomic mass is 9.73. The average molecular weight is 588 g/mol. The predicted octanol–water partition coefficient (Wildman–Crippen LogP) is 6.44. The highest BCUT2D eigenvalue weighted by molar-refractivity contribution is 6.36. The van der Waals surface area contributed by atoms with E-state index in [1.807, 2.05) is 12.1 Å². The summed E-state index contributed by atoms with van der Waals surface area (Å²) in [4.78, 5) is 30.2. The van der Waals surface area contributed by atoms with E-state index >= 15 is 0 Å². The van der Waals surface area contributed by atoms with Gasteiger partial charge in [-0.05, 0) is 88.9 Å². The number of Topliss-reactive ketones (excluding diaryl/α,β-unsaturated/α-hetero) is 1. The SMILES string of the molecule is CCC1(C(C)=O)CCN(c2nc(OCC34CCCN3CCC4)nc3c2CCN(c2cccc4cccc(Cl)c24)C3)CC1. The van der Waals surface area contributed by atoms with Gasteiger partial charge in [-0.2, -0.15) is 9.97 Å². The third kappa shape index (κ3) is 4.73. The van der Waals surface area contributed by atoms with E-state index in [1.165, 1.54) is 44.3 Å². The van der Waals surface area contributed by atoms with Crippen molar-refractivity contribution in [3.05, 3.63) is 52.7 Å². The van der Waals surface area contributed by atoms with Crippen LogP contribution in [-0.2, 0) is 17.8 Å². The highest BCUT2D eigenvalue weighted by Gasteiger charge is 2.45. The Labute approximate surface area is 254 Å². The Kier molecular flexibility index (Phi) is 7.30. The molecule has 0 radical (unpaired) electrons. The van der Waals surface area contributed by atoms with Gasteiger partial charge in [-0.15, -0.1) is 0 Å². The first-order valence-corrected chi connectivity index (χ1v) is 16.3. The minimum Gasteiger partial charge on any atom is -0.461 e. The number of fused-ring (bicyclic) bond motifs is 3. The number of carbonyl (C=O) groups is 1. The monoisotopic (exact) mass is 587 g/mol. The zero-order valence-corrected chi connectivity index (χ0v) is 25.8. The molecule has 2 aromatic carbocycles. The molecule has 0 aliphatic carbocycles. The van der Waals surface area contributed by atoms with Crippen molar-refractivity contribution in [2.75, 3.05) is 49.1 Å². The third-order valence-electron chi connectivity index (χ3n) is 10.9. The second-order valence-corrected chi connectivity index (χ2v) is 13.3. The van der Waals surface area contributed by atoms with Crippen molar-refractivity contribution in [1.82, 2.24) is 14.9 Å². The minimum absolute atomic E-state index is 0.137. The van der Waals surface area contributed by atoms with E-state index in [9.17, 15) is 4.79 Å². The van der Waals surface area contributed by atoms with Crippen LogP contribution in [0.15, 0.2) is 36.4 Å². The van der Waals surface area contributed by atoms with Gasteiger partial charge in [0.05, 0.1) is 22.8 Å². The van der Waals surface area contributed by atoms with Crippen LogP contribution < -0.4 is 14.5 Å². The van der Waals surface area contributed by atoms with Crippen molar-refractivity contribution in [2.45, 2.75) is 77.3 Å². The van der Waals surface area contributed by atoms with Crippen molar-refractivity contribution in [1.29, 1.82) is 0 Å². The molecule has 5 heterocycles. The van der Waals surface area contributed by atoms with E-state index in [2.05, 4.69) is 45.9 Å². The highest BCUT2D eigenvalue weighted by atomic mass is 35.5. The van der Waals surface area contributed by atoms with Gasteiger partial charge in [0.2, 0.25) is 0 Å². The lowest BCUT2D eigenvalue weighted by Gasteiger charge is -2.41. The Balaban J connectivity index is 1.22. The second-order valence-electron chi connectivity index (χ2n) is 12.9. The number of aromatic nitrogens is 2. The fourth-order valence-corrected chi connectivity index (χ4v) is 8.50. The predicted molar refractivity (Wildman–Crippen MR) is 169 cm³/mol. The average Bonchev–Trinajstić information content (AvgIpc) is 3.60. The summed E-state index contributed by atoms with van der Waals surface area (Å²) in [6.07, 6.45) is 8.35. The summed E-state index contributed by atoms with van der Waals surface area (Å²) in [5.41, 5.74) is 3.33. The standard InChI is InChI=1S/C34H42ClN5O2/c1-3-33(24(2)41)15-20-38(21-16-33)31-26-12-19-39(29-11-5-9-25-8-4-10-27(35)30(25)29)22-28(26)36-32(37-31)42-23-34-13-6-17-40(34)18-7-14-34/h4-5,8-11H,3,6-7,12-23H2,1-2H3. The van der Waals surface area contributed by atoms with Crippen LogP contribution in [0, 0.1) is 5.41 Å². The van der Waals surface area contributed by atoms with Gasteiger partial charge in [-0.25, -0.2) is 0 Å². The molecular weight excluding hydrogens is 546 g/mol. The van der Waals surface area contributed by atoms with Gasteiger partial charge in [-0.3, -0.25) is 9.69 Å². The first-order chi connectivity index (χ1) is 20.4. The Bertz CT molecular complexity index is 1490. The Hall–Kier alpha value is -2.90. The molecule has 3 saturated heterocycles. The van der Waals surface area contributed by atoms with E-state index in [4.69, 9.17) is 26.3 Å². The van der Waals surface area contributed by atoms with Gasteiger partial charge in [0.25, 0.3) is 0 Å². The van der Waals surface area contributed by atoms with Crippen LogP contribution in [-0.4, -0.2) is 65.5 Å². The van der Waals surface area contributed by atoms with Crippen molar-refractivity contribution in [2.24, 2.45) is 5.41 Å². The van der Waals surface area contributed by atoms with E-state index in [1.54, 1.807) is 6.92 Å². The van der Waals surface area contributed by atoms with Crippen LogP contribution >= 0.6 is 11.6 Å². The first kappa shape index (κ1) is 27.9.